The number of carbonyl (C=O) groups is 2. The Morgan fingerprint density at radius 3 is 2.59 bits per heavy atom. The molecule has 2 aromatic heterocycles. The van der Waals surface area contributed by atoms with Crippen LogP contribution in [-0.4, -0.2) is 46.9 Å². The number of nitrogens with zero attached hydrogens (tertiary/aromatic N) is 3. The number of amides is 2. The number of ether oxygens (including phenoxy) is 1. The number of fused-ring (bicyclic) bond motifs is 2. The van der Waals surface area contributed by atoms with Gasteiger partial charge in [0, 0.05) is 37.9 Å². The highest BCUT2D eigenvalue weighted by Crippen LogP contribution is 2.30. The van der Waals surface area contributed by atoms with Gasteiger partial charge in [0.05, 0.1) is 0 Å². The molecule has 200 valence electrons. The summed E-state index contributed by atoms with van der Waals surface area (Å²) < 4.78 is 16.5. The van der Waals surface area contributed by atoms with E-state index in [1.165, 1.54) is 6.39 Å². The molecule has 3 heterocycles. The lowest BCUT2D eigenvalue weighted by Crippen LogP contribution is -2.26. The number of hydrogen-bond donors (Lipinski definition) is 1. The number of carbonyl (C=O) groups excluding carboxylic acids is 2. The van der Waals surface area contributed by atoms with Crippen LogP contribution in [0.25, 0.3) is 22.2 Å². The van der Waals surface area contributed by atoms with Crippen LogP contribution in [0.2, 0.25) is 0 Å². The second-order valence-corrected chi connectivity index (χ2v) is 9.26. The maximum absolute atomic E-state index is 12.3. The molecule has 5 aromatic rings. The van der Waals surface area contributed by atoms with E-state index in [0.29, 0.717) is 46.8 Å². The van der Waals surface area contributed by atoms with E-state index in [9.17, 15) is 9.59 Å². The molecule has 0 aliphatic carbocycles. The Kier molecular flexibility index (Phi) is 7.98. The molecular weight excluding hydrogens is 496 g/mol. The normalized spacial score (nSPS) is 14.7. The van der Waals surface area contributed by atoms with Crippen molar-refractivity contribution >= 4 is 34.0 Å². The second kappa shape index (κ2) is 11.9. The molecule has 1 fully saturated rings. The van der Waals surface area contributed by atoms with Crippen LogP contribution >= 0.6 is 0 Å². The van der Waals surface area contributed by atoms with E-state index in [1.807, 2.05) is 43.3 Å². The van der Waals surface area contributed by atoms with Crippen molar-refractivity contribution < 1.29 is 23.2 Å². The number of benzene rings is 3. The van der Waals surface area contributed by atoms with Crippen molar-refractivity contribution in [3.05, 3.63) is 95.7 Å². The predicted octanol–water partition coefficient (Wildman–Crippen LogP) is 5.53. The fourth-order valence-corrected chi connectivity index (χ4v) is 4.23. The minimum Gasteiger partial charge on any atom is -0.443 e. The monoisotopic (exact) mass is 526 g/mol. The summed E-state index contributed by atoms with van der Waals surface area (Å²) in [5, 5.41) is 2.92. The van der Waals surface area contributed by atoms with Gasteiger partial charge in [0.2, 0.25) is 5.89 Å². The van der Waals surface area contributed by atoms with E-state index in [2.05, 4.69) is 15.3 Å². The van der Waals surface area contributed by atoms with Crippen molar-refractivity contribution in [3.63, 3.8) is 0 Å². The maximum Gasteiger partial charge on any atom is 0.253 e. The first kappa shape index (κ1) is 26.1. The molecule has 1 atom stereocenters. The lowest BCUT2D eigenvalue weighted by molar-refractivity contribution is 0.0802. The summed E-state index contributed by atoms with van der Waals surface area (Å²) in [4.78, 5) is 34.3. The van der Waals surface area contributed by atoms with Crippen LogP contribution in [-0.2, 0) is 11.3 Å². The Morgan fingerprint density at radius 2 is 1.82 bits per heavy atom. The minimum atomic E-state index is -0.129. The van der Waals surface area contributed by atoms with E-state index in [0.717, 1.165) is 30.5 Å². The summed E-state index contributed by atoms with van der Waals surface area (Å²) in [7, 11) is 1.77. The molecule has 6 rings (SSSR count). The lowest BCUT2D eigenvalue weighted by atomic mass is 10.2. The molecule has 9 nitrogen and oxygen atoms in total. The number of oxazole rings is 2. The molecule has 9 heteroatoms. The zero-order valence-corrected chi connectivity index (χ0v) is 21.9. The van der Waals surface area contributed by atoms with E-state index >= 15 is 0 Å². The van der Waals surface area contributed by atoms with Gasteiger partial charge in [-0.25, -0.2) is 9.97 Å². The van der Waals surface area contributed by atoms with Gasteiger partial charge in [-0.2, -0.15) is 0 Å². The minimum absolute atomic E-state index is 0.00222. The number of hydrogen-bond acceptors (Lipinski definition) is 7. The van der Waals surface area contributed by atoms with Crippen LogP contribution in [0.4, 0.5) is 0 Å². The van der Waals surface area contributed by atoms with Crippen LogP contribution in [0.15, 0.2) is 82.0 Å². The summed E-state index contributed by atoms with van der Waals surface area (Å²) in [5.74, 6) is 0.475. The van der Waals surface area contributed by atoms with E-state index in [1.54, 1.807) is 42.3 Å². The molecule has 0 bridgehead atoms. The van der Waals surface area contributed by atoms with Crippen molar-refractivity contribution in [3.8, 4) is 0 Å². The molecule has 1 unspecified atom stereocenters. The van der Waals surface area contributed by atoms with Gasteiger partial charge in [-0.05, 0) is 61.7 Å². The SMILES string of the molecule is CCN(C)C(=O)c1ccc2ocnc2c1.O=C(NCc1ccccc1)c1ccc2nc(C3CCCO3)oc2c1. The zero-order chi connectivity index (χ0) is 27.2. The summed E-state index contributed by atoms with van der Waals surface area (Å²) in [5.41, 5.74) is 5.05. The van der Waals surface area contributed by atoms with E-state index in [-0.39, 0.29) is 17.9 Å². The predicted molar refractivity (Wildman–Crippen MR) is 146 cm³/mol. The molecule has 2 amide bonds. The lowest BCUT2D eigenvalue weighted by Gasteiger charge is -2.13. The quantitative estimate of drug-likeness (QED) is 0.310. The smallest absolute Gasteiger partial charge is 0.253 e. The summed E-state index contributed by atoms with van der Waals surface area (Å²) in [6.07, 6.45) is 3.27. The molecule has 1 N–H and O–H groups in total. The first-order valence-electron chi connectivity index (χ1n) is 12.9. The molecule has 39 heavy (non-hydrogen) atoms. The molecular formula is C30H30N4O5. The average Bonchev–Trinajstić information content (AvgIpc) is 3.76. The molecule has 1 aliphatic rings. The molecule has 1 saturated heterocycles. The first-order valence-corrected chi connectivity index (χ1v) is 12.9. The highest BCUT2D eigenvalue weighted by atomic mass is 16.5. The third kappa shape index (κ3) is 6.15. The van der Waals surface area contributed by atoms with Crippen molar-refractivity contribution in [2.45, 2.75) is 32.4 Å². The number of nitrogens with one attached hydrogen (secondary N) is 1. The van der Waals surface area contributed by atoms with Gasteiger partial charge in [0.25, 0.3) is 11.8 Å². The average molecular weight is 527 g/mol. The standard InChI is InChI=1S/C19H18N2O3.C11H12N2O2/c22-18(20-12-13-5-2-1-3-6-13)14-8-9-15-17(11-14)24-19(21-15)16-7-4-10-23-16;1-3-13(2)11(14)8-4-5-10-9(6-8)12-7-15-10/h1-3,5-6,8-9,11,16H,4,7,10,12H2,(H,20,22);4-7H,3H2,1-2H3. The molecule has 3 aromatic carbocycles. The summed E-state index contributed by atoms with van der Waals surface area (Å²) in [6, 6.07) is 20.4. The summed E-state index contributed by atoms with van der Waals surface area (Å²) >= 11 is 0. The summed E-state index contributed by atoms with van der Waals surface area (Å²) in [6.45, 7) is 3.87. The number of rotatable bonds is 6. The van der Waals surface area contributed by atoms with Crippen molar-refractivity contribution in [2.75, 3.05) is 20.2 Å². The van der Waals surface area contributed by atoms with E-state index in [4.69, 9.17) is 13.6 Å². The van der Waals surface area contributed by atoms with Crippen molar-refractivity contribution in [1.29, 1.82) is 0 Å². The Hall–Kier alpha value is -4.50. The van der Waals surface area contributed by atoms with Crippen molar-refractivity contribution in [1.82, 2.24) is 20.2 Å². The van der Waals surface area contributed by atoms with Crippen LogP contribution in [0, 0.1) is 0 Å². The maximum atomic E-state index is 12.3. The highest BCUT2D eigenvalue weighted by molar-refractivity contribution is 5.97. The van der Waals surface area contributed by atoms with Gasteiger partial charge >= 0.3 is 0 Å². The van der Waals surface area contributed by atoms with Gasteiger partial charge in [0.1, 0.15) is 17.1 Å². The molecule has 0 spiro atoms. The van der Waals surface area contributed by atoms with Crippen molar-refractivity contribution in [2.24, 2.45) is 0 Å². The third-order valence-electron chi connectivity index (χ3n) is 6.57. The Bertz CT molecular complexity index is 1570. The van der Waals surface area contributed by atoms with Gasteiger partial charge < -0.3 is 23.8 Å². The largest absolute Gasteiger partial charge is 0.443 e. The molecule has 0 saturated carbocycles. The third-order valence-corrected chi connectivity index (χ3v) is 6.57. The Labute approximate surface area is 225 Å². The van der Waals surface area contributed by atoms with Gasteiger partial charge in [-0.1, -0.05) is 30.3 Å². The second-order valence-electron chi connectivity index (χ2n) is 9.26. The van der Waals surface area contributed by atoms with Crippen LogP contribution in [0.3, 0.4) is 0 Å². The topological polar surface area (TPSA) is 111 Å². The van der Waals surface area contributed by atoms with Gasteiger partial charge in [0.15, 0.2) is 17.6 Å². The Balaban J connectivity index is 0.000000177. The van der Waals surface area contributed by atoms with Crippen LogP contribution in [0.1, 0.15) is 58.0 Å². The van der Waals surface area contributed by atoms with Gasteiger partial charge in [-0.15, -0.1) is 0 Å². The Morgan fingerprint density at radius 1 is 1.00 bits per heavy atom. The highest BCUT2D eigenvalue weighted by Gasteiger charge is 2.23. The zero-order valence-electron chi connectivity index (χ0n) is 21.9. The fraction of sp³-hybridized carbons (Fsp3) is 0.267. The fourth-order valence-electron chi connectivity index (χ4n) is 4.23. The molecule has 1 aliphatic heterocycles. The van der Waals surface area contributed by atoms with E-state index < -0.39 is 0 Å². The van der Waals surface area contributed by atoms with Gasteiger partial charge in [-0.3, -0.25) is 9.59 Å². The molecule has 0 radical (unpaired) electrons. The first-order chi connectivity index (χ1) is 19.0. The van der Waals surface area contributed by atoms with Crippen LogP contribution < -0.4 is 5.32 Å². The van der Waals surface area contributed by atoms with Crippen LogP contribution in [0.5, 0.6) is 0 Å². The number of aromatic nitrogens is 2.